The number of oxime groups is 1. The van der Waals surface area contributed by atoms with Crippen LogP contribution in [0.15, 0.2) is 28.3 Å². The molecule has 2 aliphatic heterocycles. The smallest absolute Gasteiger partial charge is 0.341 e. The minimum atomic E-state index is -1.29. The summed E-state index contributed by atoms with van der Waals surface area (Å²) in [7, 11) is 3.54. The Balaban J connectivity index is 1.63. The molecule has 1 aliphatic carbocycles. The van der Waals surface area contributed by atoms with Crippen LogP contribution in [0.3, 0.4) is 0 Å². The molecule has 5 rings (SSSR count). The van der Waals surface area contributed by atoms with Crippen molar-refractivity contribution in [3.63, 3.8) is 0 Å². The van der Waals surface area contributed by atoms with E-state index in [1.165, 1.54) is 19.4 Å². The molecule has 0 unspecified atom stereocenters. The molecule has 9 heteroatoms. The molecular formula is C21H23FN4O4. The highest BCUT2D eigenvalue weighted by atomic mass is 19.1. The van der Waals surface area contributed by atoms with Crippen LogP contribution < -0.4 is 10.3 Å². The van der Waals surface area contributed by atoms with E-state index < -0.39 is 17.2 Å². The van der Waals surface area contributed by atoms with E-state index in [1.807, 2.05) is 16.5 Å². The van der Waals surface area contributed by atoms with E-state index in [4.69, 9.17) is 4.84 Å². The van der Waals surface area contributed by atoms with Gasteiger partial charge in [-0.1, -0.05) is 5.16 Å². The summed E-state index contributed by atoms with van der Waals surface area (Å²) in [5.74, 6) is -1.83. The largest absolute Gasteiger partial charge is 0.477 e. The second-order valence-corrected chi connectivity index (χ2v) is 8.67. The van der Waals surface area contributed by atoms with Gasteiger partial charge < -0.3 is 24.3 Å². The molecule has 1 N–H and O–H groups in total. The fraction of sp³-hybridized carbons (Fsp3) is 0.476. The maximum atomic E-state index is 15.2. The Labute approximate surface area is 172 Å². The van der Waals surface area contributed by atoms with Crippen LogP contribution in [0, 0.1) is 11.2 Å². The van der Waals surface area contributed by atoms with Crippen molar-refractivity contribution in [2.45, 2.75) is 18.9 Å². The molecule has 3 aliphatic rings. The molecule has 0 amide bonds. The van der Waals surface area contributed by atoms with Gasteiger partial charge in [-0.2, -0.15) is 0 Å². The van der Waals surface area contributed by atoms with Gasteiger partial charge in [-0.3, -0.25) is 4.79 Å². The predicted molar refractivity (Wildman–Crippen MR) is 110 cm³/mol. The number of benzene rings is 1. The number of pyridine rings is 1. The number of halogens is 1. The van der Waals surface area contributed by atoms with Crippen LogP contribution in [0.1, 0.15) is 29.2 Å². The van der Waals surface area contributed by atoms with Crippen molar-refractivity contribution in [2.75, 3.05) is 45.2 Å². The van der Waals surface area contributed by atoms with Gasteiger partial charge in [0.15, 0.2) is 0 Å². The van der Waals surface area contributed by atoms with Crippen molar-refractivity contribution in [1.82, 2.24) is 9.47 Å². The zero-order chi connectivity index (χ0) is 21.2. The van der Waals surface area contributed by atoms with Crippen LogP contribution in [0.25, 0.3) is 10.9 Å². The van der Waals surface area contributed by atoms with Crippen molar-refractivity contribution in [2.24, 2.45) is 10.6 Å². The van der Waals surface area contributed by atoms with E-state index in [0.717, 1.165) is 31.6 Å². The van der Waals surface area contributed by atoms with Crippen molar-refractivity contribution >= 4 is 28.3 Å². The number of aromatic carboxylic acids is 1. The van der Waals surface area contributed by atoms with Gasteiger partial charge in [-0.25, -0.2) is 9.18 Å². The molecule has 0 radical (unpaired) electrons. The summed E-state index contributed by atoms with van der Waals surface area (Å²) in [6.07, 6.45) is 3.22. The van der Waals surface area contributed by atoms with Gasteiger partial charge >= 0.3 is 5.97 Å². The number of rotatable bonds is 4. The molecule has 1 saturated carbocycles. The first kappa shape index (κ1) is 19.0. The number of anilines is 1. The van der Waals surface area contributed by atoms with Crippen LogP contribution in [0.2, 0.25) is 0 Å². The summed E-state index contributed by atoms with van der Waals surface area (Å²) in [6.45, 7) is 2.72. The normalized spacial score (nSPS) is 22.1. The quantitative estimate of drug-likeness (QED) is 0.770. The molecule has 2 saturated heterocycles. The monoisotopic (exact) mass is 414 g/mol. The molecule has 3 fully saturated rings. The van der Waals surface area contributed by atoms with Crippen LogP contribution in [-0.4, -0.2) is 66.6 Å². The molecular weight excluding hydrogens is 391 g/mol. The topological polar surface area (TPSA) is 87.4 Å². The standard InChI is InChI=1S/C21H23FN4O4/c1-24-9-21(10-24)11-25(8-18(21)23-30-2)17-6-16-13(5-15(17)22)19(27)14(20(28)29)7-26(16)12-3-4-12/h5-7,12H,3-4,8-11H2,1-2H3,(H,28,29)/b23-18+. The maximum absolute atomic E-state index is 15.2. The zero-order valence-corrected chi connectivity index (χ0v) is 16.9. The summed E-state index contributed by atoms with van der Waals surface area (Å²) in [6, 6.07) is 3.01. The minimum Gasteiger partial charge on any atom is -0.477 e. The molecule has 0 bridgehead atoms. The molecule has 30 heavy (non-hydrogen) atoms. The lowest BCUT2D eigenvalue weighted by molar-refractivity contribution is 0.0695. The highest BCUT2D eigenvalue weighted by molar-refractivity contribution is 5.99. The highest BCUT2D eigenvalue weighted by Gasteiger charge is 2.52. The summed E-state index contributed by atoms with van der Waals surface area (Å²) in [5.41, 5.74) is 0.725. The Kier molecular flexibility index (Phi) is 4.15. The lowest BCUT2D eigenvalue weighted by Crippen LogP contribution is -2.59. The molecule has 0 atom stereocenters. The third kappa shape index (κ3) is 2.79. The first-order valence-electron chi connectivity index (χ1n) is 9.99. The van der Waals surface area contributed by atoms with Crippen LogP contribution >= 0.6 is 0 Å². The molecule has 1 aromatic heterocycles. The van der Waals surface area contributed by atoms with Gasteiger partial charge in [0.1, 0.15) is 18.5 Å². The average molecular weight is 414 g/mol. The molecule has 158 valence electrons. The zero-order valence-electron chi connectivity index (χ0n) is 16.9. The number of hydrogen-bond donors (Lipinski definition) is 1. The number of nitrogens with zero attached hydrogens (tertiary/aromatic N) is 4. The van der Waals surface area contributed by atoms with Gasteiger partial charge in [0.2, 0.25) is 5.43 Å². The third-order valence-corrected chi connectivity index (χ3v) is 6.41. The Bertz CT molecular complexity index is 1150. The second-order valence-electron chi connectivity index (χ2n) is 8.67. The fourth-order valence-electron chi connectivity index (χ4n) is 4.94. The number of carboxylic acid groups (broad SMARTS) is 1. The first-order chi connectivity index (χ1) is 14.3. The van der Waals surface area contributed by atoms with Crippen LogP contribution in [0.4, 0.5) is 10.1 Å². The average Bonchev–Trinajstić information content (AvgIpc) is 3.44. The molecule has 2 aromatic rings. The van der Waals surface area contributed by atoms with E-state index in [-0.39, 0.29) is 22.4 Å². The fourth-order valence-corrected chi connectivity index (χ4v) is 4.94. The van der Waals surface area contributed by atoms with Crippen molar-refractivity contribution in [3.8, 4) is 0 Å². The van der Waals surface area contributed by atoms with E-state index in [1.54, 1.807) is 6.07 Å². The van der Waals surface area contributed by atoms with Gasteiger partial charge in [-0.15, -0.1) is 0 Å². The molecule has 1 spiro atoms. The predicted octanol–water partition coefficient (Wildman–Crippen LogP) is 1.93. The third-order valence-electron chi connectivity index (χ3n) is 6.41. The van der Waals surface area contributed by atoms with Gasteiger partial charge in [-0.05, 0) is 32.0 Å². The summed E-state index contributed by atoms with van der Waals surface area (Å²) in [4.78, 5) is 33.3. The molecule has 3 heterocycles. The number of likely N-dealkylation sites (tertiary alicyclic amines) is 1. The van der Waals surface area contributed by atoms with Crippen molar-refractivity contribution in [1.29, 1.82) is 0 Å². The van der Waals surface area contributed by atoms with Gasteiger partial charge in [0.25, 0.3) is 0 Å². The van der Waals surface area contributed by atoms with Crippen LogP contribution in [-0.2, 0) is 4.84 Å². The van der Waals surface area contributed by atoms with E-state index in [9.17, 15) is 14.7 Å². The number of carbonyl (C=O) groups is 1. The second kappa shape index (κ2) is 6.53. The number of aromatic nitrogens is 1. The Morgan fingerprint density at radius 3 is 2.63 bits per heavy atom. The summed E-state index contributed by atoms with van der Waals surface area (Å²) in [5, 5.41) is 13.7. The molecule has 1 aromatic carbocycles. The minimum absolute atomic E-state index is 0.103. The number of carboxylic acids is 1. The van der Waals surface area contributed by atoms with E-state index in [0.29, 0.717) is 24.3 Å². The highest BCUT2D eigenvalue weighted by Crippen LogP contribution is 2.41. The Morgan fingerprint density at radius 2 is 2.03 bits per heavy atom. The number of fused-ring (bicyclic) bond motifs is 1. The van der Waals surface area contributed by atoms with E-state index in [2.05, 4.69) is 10.1 Å². The van der Waals surface area contributed by atoms with Crippen LogP contribution in [0.5, 0.6) is 0 Å². The SMILES string of the molecule is CO/N=C1\CN(c2cc3c(cc2F)c(=O)c(C(=O)O)cn3C2CC2)CC12CN(C)C2. The van der Waals surface area contributed by atoms with Gasteiger partial charge in [0, 0.05) is 37.3 Å². The van der Waals surface area contributed by atoms with Crippen molar-refractivity contribution in [3.05, 3.63) is 39.9 Å². The summed E-state index contributed by atoms with van der Waals surface area (Å²) < 4.78 is 17.0. The number of hydrogen-bond acceptors (Lipinski definition) is 6. The van der Waals surface area contributed by atoms with Gasteiger partial charge in [0.05, 0.1) is 28.9 Å². The molecule has 8 nitrogen and oxygen atoms in total. The Hall–Kier alpha value is -2.94. The van der Waals surface area contributed by atoms with Crippen molar-refractivity contribution < 1.29 is 19.1 Å². The van der Waals surface area contributed by atoms with E-state index >= 15 is 4.39 Å². The Morgan fingerprint density at radius 1 is 1.30 bits per heavy atom. The summed E-state index contributed by atoms with van der Waals surface area (Å²) >= 11 is 0. The first-order valence-corrected chi connectivity index (χ1v) is 9.99. The lowest BCUT2D eigenvalue weighted by atomic mass is 9.78. The maximum Gasteiger partial charge on any atom is 0.341 e. The lowest BCUT2D eigenvalue weighted by Gasteiger charge is -2.45.